The fourth-order valence-electron chi connectivity index (χ4n) is 1.47. The van der Waals surface area contributed by atoms with Gasteiger partial charge in [0, 0.05) is 0 Å². The summed E-state index contributed by atoms with van der Waals surface area (Å²) in [6.07, 6.45) is 1.95. The van der Waals surface area contributed by atoms with Crippen LogP contribution in [0.4, 0.5) is 0 Å². The third kappa shape index (κ3) is 4.32. The zero-order valence-corrected chi connectivity index (χ0v) is 11.0. The van der Waals surface area contributed by atoms with E-state index in [1.807, 2.05) is 0 Å². The van der Waals surface area contributed by atoms with Crippen LogP contribution in [0.25, 0.3) is 5.57 Å². The molecule has 94 valence electrons. The fourth-order valence-corrected chi connectivity index (χ4v) is 1.95. The third-order valence-electron chi connectivity index (χ3n) is 2.58. The van der Waals surface area contributed by atoms with Crippen molar-refractivity contribution >= 4 is 15.7 Å². The van der Waals surface area contributed by atoms with Crippen molar-refractivity contribution in [3.8, 4) is 0 Å². The minimum Gasteiger partial charge on any atom is -0.282 e. The lowest BCUT2D eigenvalue weighted by molar-refractivity contribution is 0.483. The second-order valence-corrected chi connectivity index (χ2v) is 5.96. The van der Waals surface area contributed by atoms with Crippen molar-refractivity contribution in [2.75, 3.05) is 0 Å². The van der Waals surface area contributed by atoms with Gasteiger partial charge in [-0.05, 0) is 42.0 Å². The zero-order valence-electron chi connectivity index (χ0n) is 10.2. The van der Waals surface area contributed by atoms with Crippen LogP contribution in [0, 0.1) is 5.92 Å². The van der Waals surface area contributed by atoms with Crippen molar-refractivity contribution in [3.63, 3.8) is 0 Å². The molecule has 0 saturated heterocycles. The summed E-state index contributed by atoms with van der Waals surface area (Å²) in [7, 11) is -4.10. The van der Waals surface area contributed by atoms with Crippen LogP contribution < -0.4 is 0 Å². The topological polar surface area (TPSA) is 54.4 Å². The molecule has 0 aromatic heterocycles. The Bertz CT molecular complexity index is 484. The Labute approximate surface area is 103 Å². The molecule has 1 aromatic rings. The monoisotopic (exact) mass is 254 g/mol. The lowest BCUT2D eigenvalue weighted by atomic mass is 9.98. The van der Waals surface area contributed by atoms with E-state index in [2.05, 4.69) is 20.4 Å². The third-order valence-corrected chi connectivity index (χ3v) is 3.45. The van der Waals surface area contributed by atoms with Crippen LogP contribution in [0.15, 0.2) is 35.7 Å². The van der Waals surface area contributed by atoms with Crippen LogP contribution in [0.3, 0.4) is 0 Å². The Morgan fingerprint density at radius 3 is 2.24 bits per heavy atom. The van der Waals surface area contributed by atoms with Gasteiger partial charge in [0.2, 0.25) is 0 Å². The number of rotatable bonds is 5. The summed E-state index contributed by atoms with van der Waals surface area (Å²) < 4.78 is 30.6. The average Bonchev–Trinajstić information content (AvgIpc) is 2.25. The van der Waals surface area contributed by atoms with Gasteiger partial charge in [-0.1, -0.05) is 32.6 Å². The van der Waals surface area contributed by atoms with E-state index in [4.69, 9.17) is 4.55 Å². The van der Waals surface area contributed by atoms with Gasteiger partial charge in [0.1, 0.15) is 0 Å². The summed E-state index contributed by atoms with van der Waals surface area (Å²) in [6, 6.07) is 6.13. The standard InChI is InChI=1S/C13H18O3S/c1-10(2)4-5-11(3)12-6-8-13(9-7-12)17(14,15)16/h6-10H,3-5H2,1-2H3,(H,14,15,16). The molecule has 0 saturated carbocycles. The van der Waals surface area contributed by atoms with Crippen molar-refractivity contribution in [3.05, 3.63) is 36.4 Å². The summed E-state index contributed by atoms with van der Waals surface area (Å²) in [5.41, 5.74) is 1.90. The van der Waals surface area contributed by atoms with Crippen LogP contribution in [0.2, 0.25) is 0 Å². The van der Waals surface area contributed by atoms with Crippen LogP contribution in [-0.2, 0) is 10.1 Å². The molecule has 0 atom stereocenters. The van der Waals surface area contributed by atoms with E-state index in [0.29, 0.717) is 5.92 Å². The summed E-state index contributed by atoms with van der Waals surface area (Å²) in [5.74, 6) is 0.615. The molecule has 3 nitrogen and oxygen atoms in total. The highest BCUT2D eigenvalue weighted by Crippen LogP contribution is 2.21. The molecule has 0 unspecified atom stereocenters. The Kier molecular flexibility index (Phi) is 4.48. The highest BCUT2D eigenvalue weighted by atomic mass is 32.2. The molecule has 1 N–H and O–H groups in total. The molecular formula is C13H18O3S. The predicted octanol–water partition coefficient (Wildman–Crippen LogP) is 3.38. The van der Waals surface area contributed by atoms with Gasteiger partial charge < -0.3 is 0 Å². The van der Waals surface area contributed by atoms with Crippen LogP contribution in [-0.4, -0.2) is 13.0 Å². The van der Waals surface area contributed by atoms with E-state index >= 15 is 0 Å². The Morgan fingerprint density at radius 2 is 1.82 bits per heavy atom. The van der Waals surface area contributed by atoms with Gasteiger partial charge in [-0.25, -0.2) is 0 Å². The van der Waals surface area contributed by atoms with Gasteiger partial charge in [-0.15, -0.1) is 0 Å². The molecule has 0 aliphatic heterocycles. The quantitative estimate of drug-likeness (QED) is 0.819. The van der Waals surface area contributed by atoms with E-state index in [1.165, 1.54) is 12.1 Å². The van der Waals surface area contributed by atoms with Crippen molar-refractivity contribution in [2.24, 2.45) is 5.92 Å². The second-order valence-electron chi connectivity index (χ2n) is 4.54. The maximum Gasteiger partial charge on any atom is 0.294 e. The van der Waals surface area contributed by atoms with Crippen molar-refractivity contribution in [1.82, 2.24) is 0 Å². The maximum atomic E-state index is 10.9. The van der Waals surface area contributed by atoms with Gasteiger partial charge in [0.25, 0.3) is 10.1 Å². The molecule has 1 rings (SSSR count). The molecule has 0 aliphatic rings. The molecule has 0 amide bonds. The highest BCUT2D eigenvalue weighted by molar-refractivity contribution is 7.85. The van der Waals surface area contributed by atoms with Crippen LogP contribution in [0.1, 0.15) is 32.3 Å². The predicted molar refractivity (Wildman–Crippen MR) is 69.4 cm³/mol. The lowest BCUT2D eigenvalue weighted by Crippen LogP contribution is -1.98. The molecule has 0 spiro atoms. The van der Waals surface area contributed by atoms with E-state index in [1.54, 1.807) is 12.1 Å². The summed E-state index contributed by atoms with van der Waals surface area (Å²) in [4.78, 5) is -0.0853. The SMILES string of the molecule is C=C(CCC(C)C)c1ccc(S(=O)(=O)O)cc1. The number of hydrogen-bond acceptors (Lipinski definition) is 2. The zero-order chi connectivity index (χ0) is 13.1. The normalized spacial score (nSPS) is 11.8. The minimum atomic E-state index is -4.10. The summed E-state index contributed by atoms with van der Waals surface area (Å²) in [6.45, 7) is 8.27. The summed E-state index contributed by atoms with van der Waals surface area (Å²) >= 11 is 0. The van der Waals surface area contributed by atoms with Crippen LogP contribution in [0.5, 0.6) is 0 Å². The summed E-state index contributed by atoms with van der Waals surface area (Å²) in [5, 5.41) is 0. The smallest absolute Gasteiger partial charge is 0.282 e. The van der Waals surface area contributed by atoms with Gasteiger partial charge >= 0.3 is 0 Å². The Morgan fingerprint density at radius 1 is 1.29 bits per heavy atom. The number of hydrogen-bond donors (Lipinski definition) is 1. The molecular weight excluding hydrogens is 236 g/mol. The first-order valence-electron chi connectivity index (χ1n) is 5.56. The van der Waals surface area contributed by atoms with E-state index in [0.717, 1.165) is 24.0 Å². The largest absolute Gasteiger partial charge is 0.294 e. The molecule has 0 bridgehead atoms. The number of benzene rings is 1. The lowest BCUT2D eigenvalue weighted by Gasteiger charge is -2.08. The van der Waals surface area contributed by atoms with Gasteiger partial charge in [-0.2, -0.15) is 8.42 Å². The Hall–Kier alpha value is -1.13. The van der Waals surface area contributed by atoms with E-state index in [9.17, 15) is 8.42 Å². The number of allylic oxidation sites excluding steroid dienone is 1. The molecule has 0 radical (unpaired) electrons. The highest BCUT2D eigenvalue weighted by Gasteiger charge is 2.09. The molecule has 17 heavy (non-hydrogen) atoms. The van der Waals surface area contributed by atoms with Crippen LogP contribution >= 0.6 is 0 Å². The van der Waals surface area contributed by atoms with Gasteiger partial charge in [0.05, 0.1) is 4.90 Å². The molecule has 0 aliphatic carbocycles. The van der Waals surface area contributed by atoms with Gasteiger partial charge in [0.15, 0.2) is 0 Å². The van der Waals surface area contributed by atoms with Crippen molar-refractivity contribution < 1.29 is 13.0 Å². The Balaban J connectivity index is 2.78. The first kappa shape index (κ1) is 13.9. The first-order chi connectivity index (χ1) is 7.80. The molecule has 1 aromatic carbocycles. The average molecular weight is 254 g/mol. The van der Waals surface area contributed by atoms with E-state index in [-0.39, 0.29) is 4.90 Å². The van der Waals surface area contributed by atoms with Crippen molar-refractivity contribution in [1.29, 1.82) is 0 Å². The second kappa shape index (κ2) is 5.47. The molecule has 0 fully saturated rings. The van der Waals surface area contributed by atoms with E-state index < -0.39 is 10.1 Å². The molecule has 4 heteroatoms. The fraction of sp³-hybridized carbons (Fsp3) is 0.385. The molecule has 0 heterocycles. The van der Waals surface area contributed by atoms with Gasteiger partial charge in [-0.3, -0.25) is 4.55 Å². The van der Waals surface area contributed by atoms with Crippen molar-refractivity contribution in [2.45, 2.75) is 31.6 Å². The minimum absolute atomic E-state index is 0.0853. The first-order valence-corrected chi connectivity index (χ1v) is 7.00. The maximum absolute atomic E-state index is 10.9.